The normalized spacial score (nSPS) is 13.4. The van der Waals surface area contributed by atoms with Gasteiger partial charge in [0.2, 0.25) is 0 Å². The highest BCUT2D eigenvalue weighted by atomic mass is 32.1. The fourth-order valence-corrected chi connectivity index (χ4v) is 6.23. The maximum Gasteiger partial charge on any atom is 0.0880 e. The van der Waals surface area contributed by atoms with Crippen LogP contribution in [0.15, 0.2) is 67.0 Å². The third-order valence-electron chi connectivity index (χ3n) is 6.37. The molecule has 0 saturated carbocycles. The molecule has 6 rings (SSSR count). The lowest BCUT2D eigenvalue weighted by molar-refractivity contribution is 0.596. The molecule has 0 radical (unpaired) electrons. The van der Waals surface area contributed by atoms with Crippen molar-refractivity contribution in [3.05, 3.63) is 83.1 Å². The second kappa shape index (κ2) is 6.73. The Balaban J connectivity index is 1.64. The van der Waals surface area contributed by atoms with Gasteiger partial charge in [0.25, 0.3) is 0 Å². The molecule has 5 aromatic rings. The highest BCUT2D eigenvalue weighted by Gasteiger charge is 2.24. The van der Waals surface area contributed by atoms with Gasteiger partial charge >= 0.3 is 0 Å². The molecule has 0 atom stereocenters. The van der Waals surface area contributed by atoms with Crippen LogP contribution in [0.3, 0.4) is 0 Å². The standard InChI is InChI=1S/C28H24N2S/c1-28(2,3)22-16-18(15-17-7-4-5-8-19(17)22)26-27-21(12-14-30-26)25-20-9-6-13-29-23(20)10-11-24(25)31-27/h4-9,12-16H,10-11H2,1-3H3. The lowest BCUT2D eigenvalue weighted by Crippen LogP contribution is -2.12. The van der Waals surface area contributed by atoms with Crippen LogP contribution in [-0.4, -0.2) is 9.97 Å². The van der Waals surface area contributed by atoms with Crippen LogP contribution in [0.25, 0.3) is 43.2 Å². The zero-order chi connectivity index (χ0) is 21.2. The van der Waals surface area contributed by atoms with Gasteiger partial charge in [0.1, 0.15) is 0 Å². The van der Waals surface area contributed by atoms with E-state index in [2.05, 4.69) is 80.4 Å². The van der Waals surface area contributed by atoms with Crippen molar-refractivity contribution in [2.75, 3.05) is 0 Å². The minimum Gasteiger partial charge on any atom is -0.261 e. The molecule has 2 aromatic carbocycles. The molecule has 0 spiro atoms. The van der Waals surface area contributed by atoms with Crippen LogP contribution in [0.2, 0.25) is 0 Å². The molecule has 0 amide bonds. The molecule has 31 heavy (non-hydrogen) atoms. The summed E-state index contributed by atoms with van der Waals surface area (Å²) in [6.45, 7) is 6.88. The zero-order valence-electron chi connectivity index (χ0n) is 18.1. The summed E-state index contributed by atoms with van der Waals surface area (Å²) in [5.74, 6) is 0. The van der Waals surface area contributed by atoms with Crippen molar-refractivity contribution >= 4 is 32.2 Å². The number of aryl methyl sites for hydroxylation is 2. The van der Waals surface area contributed by atoms with Crippen molar-refractivity contribution in [1.29, 1.82) is 0 Å². The molecular weight excluding hydrogens is 396 g/mol. The van der Waals surface area contributed by atoms with E-state index in [0.29, 0.717) is 0 Å². The first-order valence-corrected chi connectivity index (χ1v) is 11.7. The van der Waals surface area contributed by atoms with Gasteiger partial charge in [-0.1, -0.05) is 51.1 Å². The van der Waals surface area contributed by atoms with Gasteiger partial charge in [-0.3, -0.25) is 9.97 Å². The first-order chi connectivity index (χ1) is 15.0. The topological polar surface area (TPSA) is 25.8 Å². The zero-order valence-corrected chi connectivity index (χ0v) is 18.9. The van der Waals surface area contributed by atoms with E-state index in [9.17, 15) is 0 Å². The second-order valence-electron chi connectivity index (χ2n) is 9.43. The van der Waals surface area contributed by atoms with Gasteiger partial charge in [-0.2, -0.15) is 0 Å². The average Bonchev–Trinajstić information content (AvgIpc) is 3.17. The summed E-state index contributed by atoms with van der Waals surface area (Å²) < 4.78 is 1.29. The van der Waals surface area contributed by atoms with E-state index in [0.717, 1.165) is 18.5 Å². The molecule has 1 aliphatic carbocycles. The van der Waals surface area contributed by atoms with E-state index in [1.165, 1.54) is 53.7 Å². The van der Waals surface area contributed by atoms with Crippen LogP contribution in [-0.2, 0) is 18.3 Å². The molecule has 0 N–H and O–H groups in total. The van der Waals surface area contributed by atoms with Gasteiger partial charge in [-0.25, -0.2) is 0 Å². The van der Waals surface area contributed by atoms with Gasteiger partial charge in [0.05, 0.1) is 10.4 Å². The first-order valence-electron chi connectivity index (χ1n) is 10.9. The largest absolute Gasteiger partial charge is 0.261 e. The van der Waals surface area contributed by atoms with Gasteiger partial charge in [-0.05, 0) is 58.9 Å². The summed E-state index contributed by atoms with van der Waals surface area (Å²) >= 11 is 1.91. The number of benzene rings is 2. The summed E-state index contributed by atoms with van der Waals surface area (Å²) in [5.41, 5.74) is 7.61. The quantitative estimate of drug-likeness (QED) is 0.279. The minimum atomic E-state index is 0.0583. The number of rotatable bonds is 1. The maximum absolute atomic E-state index is 4.90. The highest BCUT2D eigenvalue weighted by Crippen LogP contribution is 2.46. The Kier molecular flexibility index (Phi) is 4.06. The third-order valence-corrected chi connectivity index (χ3v) is 7.64. The average molecular weight is 421 g/mol. The maximum atomic E-state index is 4.90. The van der Waals surface area contributed by atoms with Crippen LogP contribution in [0.1, 0.15) is 36.9 Å². The predicted molar refractivity (Wildman–Crippen MR) is 132 cm³/mol. The number of nitrogens with zero attached hydrogens (tertiary/aromatic N) is 2. The number of fused-ring (bicyclic) bond motifs is 6. The van der Waals surface area contributed by atoms with E-state index < -0.39 is 0 Å². The molecule has 3 aromatic heterocycles. The SMILES string of the molecule is CC(C)(C)c1cc(-c2nccc3c4c(sc23)CCc2ncccc2-4)cc2ccccc12. The van der Waals surface area contributed by atoms with E-state index in [1.807, 2.05) is 23.7 Å². The fourth-order valence-electron chi connectivity index (χ4n) is 4.91. The Hall–Kier alpha value is -3.04. The number of thiophene rings is 1. The van der Waals surface area contributed by atoms with Crippen molar-refractivity contribution in [2.24, 2.45) is 0 Å². The molecule has 1 aliphatic rings. The molecular formula is C28H24N2S. The van der Waals surface area contributed by atoms with E-state index in [1.54, 1.807) is 0 Å². The van der Waals surface area contributed by atoms with Crippen molar-refractivity contribution in [3.8, 4) is 22.4 Å². The molecule has 3 heterocycles. The second-order valence-corrected chi connectivity index (χ2v) is 10.5. The molecule has 0 bridgehead atoms. The first kappa shape index (κ1) is 18.7. The number of aromatic nitrogens is 2. The summed E-state index contributed by atoms with van der Waals surface area (Å²) in [6, 6.07) is 19.8. The predicted octanol–water partition coefficient (Wildman–Crippen LogP) is 7.57. The number of hydrogen-bond donors (Lipinski definition) is 0. The highest BCUT2D eigenvalue weighted by molar-refractivity contribution is 7.20. The summed E-state index contributed by atoms with van der Waals surface area (Å²) in [7, 11) is 0. The smallest absolute Gasteiger partial charge is 0.0880 e. The molecule has 0 aliphatic heterocycles. The molecule has 0 unspecified atom stereocenters. The monoisotopic (exact) mass is 420 g/mol. The Bertz CT molecular complexity index is 1470. The molecule has 0 fully saturated rings. The van der Waals surface area contributed by atoms with E-state index in [-0.39, 0.29) is 5.41 Å². The lowest BCUT2D eigenvalue weighted by Gasteiger charge is -2.22. The van der Waals surface area contributed by atoms with Crippen molar-refractivity contribution in [3.63, 3.8) is 0 Å². The molecule has 3 heteroatoms. The van der Waals surface area contributed by atoms with Gasteiger partial charge in [-0.15, -0.1) is 11.3 Å². The van der Waals surface area contributed by atoms with Crippen molar-refractivity contribution in [1.82, 2.24) is 9.97 Å². The Labute approximate surface area is 186 Å². The van der Waals surface area contributed by atoms with Crippen LogP contribution in [0, 0.1) is 0 Å². The van der Waals surface area contributed by atoms with Gasteiger partial charge < -0.3 is 0 Å². The fraction of sp³-hybridized carbons (Fsp3) is 0.214. The molecule has 0 saturated heterocycles. The molecule has 2 nitrogen and oxygen atoms in total. The summed E-state index contributed by atoms with van der Waals surface area (Å²) in [6.07, 6.45) is 5.96. The van der Waals surface area contributed by atoms with Crippen LogP contribution in [0.5, 0.6) is 0 Å². The summed E-state index contributed by atoms with van der Waals surface area (Å²) in [5, 5.41) is 3.92. The van der Waals surface area contributed by atoms with E-state index >= 15 is 0 Å². The number of pyridine rings is 2. The van der Waals surface area contributed by atoms with Gasteiger partial charge in [0, 0.05) is 45.0 Å². The minimum absolute atomic E-state index is 0.0583. The van der Waals surface area contributed by atoms with Gasteiger partial charge in [0.15, 0.2) is 0 Å². The van der Waals surface area contributed by atoms with E-state index in [4.69, 9.17) is 4.98 Å². The van der Waals surface area contributed by atoms with Crippen LogP contribution >= 0.6 is 11.3 Å². The third kappa shape index (κ3) is 2.91. The Morgan fingerprint density at radius 1 is 0.839 bits per heavy atom. The Morgan fingerprint density at radius 2 is 1.71 bits per heavy atom. The lowest BCUT2D eigenvalue weighted by atomic mass is 9.82. The van der Waals surface area contributed by atoms with Crippen molar-refractivity contribution in [2.45, 2.75) is 39.0 Å². The summed E-state index contributed by atoms with van der Waals surface area (Å²) in [4.78, 5) is 11.0. The van der Waals surface area contributed by atoms with Crippen molar-refractivity contribution < 1.29 is 0 Å². The molecule has 152 valence electrons. The number of hydrogen-bond acceptors (Lipinski definition) is 3. The Morgan fingerprint density at radius 3 is 2.58 bits per heavy atom. The van der Waals surface area contributed by atoms with Crippen LogP contribution < -0.4 is 0 Å². The van der Waals surface area contributed by atoms with Crippen LogP contribution in [0.4, 0.5) is 0 Å².